The van der Waals surface area contributed by atoms with E-state index in [4.69, 9.17) is 0 Å². The Kier molecular flexibility index (Phi) is 8.46. The van der Waals surface area contributed by atoms with Crippen LogP contribution < -0.4 is 0 Å². The molecule has 2 N–H and O–H groups in total. The van der Waals surface area contributed by atoms with Crippen LogP contribution in [-0.2, 0) is 10.8 Å². The molecule has 0 saturated carbocycles. The molecule has 0 aliphatic carbocycles. The van der Waals surface area contributed by atoms with Crippen molar-refractivity contribution in [1.82, 2.24) is 0 Å². The minimum absolute atomic E-state index is 0.0634. The number of halogens is 4. The highest BCUT2D eigenvalue weighted by molar-refractivity contribution is 5.64. The third-order valence-electron chi connectivity index (χ3n) is 9.46. The lowest BCUT2D eigenvalue weighted by molar-refractivity contribution is 0.474. The Bertz CT molecular complexity index is 1830. The van der Waals surface area contributed by atoms with Gasteiger partial charge in [-0.2, -0.15) is 0 Å². The van der Waals surface area contributed by atoms with E-state index in [-0.39, 0.29) is 11.5 Å². The summed E-state index contributed by atoms with van der Waals surface area (Å²) in [7, 11) is 0. The van der Waals surface area contributed by atoms with Gasteiger partial charge in [0, 0.05) is 0 Å². The molecule has 0 aliphatic rings. The first-order chi connectivity index (χ1) is 24.2. The van der Waals surface area contributed by atoms with E-state index < -0.39 is 34.1 Å². The van der Waals surface area contributed by atoms with Gasteiger partial charge >= 0.3 is 0 Å². The molecule has 0 aliphatic heterocycles. The van der Waals surface area contributed by atoms with Crippen LogP contribution in [0.5, 0.6) is 11.5 Å². The lowest BCUT2D eigenvalue weighted by Gasteiger charge is -2.39. The standard InChI is InChI=1S/C44H30F4O2/c45-37-17-5-31(6-18-37)43(32-7-19-38(46)20-8-32,35-13-25-41(49)26-14-35)29-1-2-30(4-3-29)44(33-9-21-39(47)22-10-33,34-11-23-40(48)24-12-34)36-15-27-42(50)28-16-36/h1-28,49-50H. The lowest BCUT2D eigenvalue weighted by atomic mass is 9.63. The number of hydrogen-bond donors (Lipinski definition) is 2. The van der Waals surface area contributed by atoms with Crippen LogP contribution in [0.1, 0.15) is 44.5 Å². The zero-order valence-corrected chi connectivity index (χ0v) is 26.6. The summed E-state index contributed by atoms with van der Waals surface area (Å²) in [5, 5.41) is 20.5. The largest absolute Gasteiger partial charge is 0.508 e. The molecule has 7 rings (SSSR count). The Hall–Kier alpha value is -6.14. The van der Waals surface area contributed by atoms with E-state index >= 15 is 0 Å². The van der Waals surface area contributed by atoms with E-state index in [2.05, 4.69) is 0 Å². The van der Waals surface area contributed by atoms with Crippen molar-refractivity contribution >= 4 is 0 Å². The Labute approximate surface area is 287 Å². The van der Waals surface area contributed by atoms with E-state index in [9.17, 15) is 27.8 Å². The van der Waals surface area contributed by atoms with Crippen molar-refractivity contribution < 1.29 is 27.8 Å². The minimum Gasteiger partial charge on any atom is -0.508 e. The highest BCUT2D eigenvalue weighted by Crippen LogP contribution is 2.49. The minimum atomic E-state index is -1.10. The Morgan fingerprint density at radius 1 is 0.240 bits per heavy atom. The van der Waals surface area contributed by atoms with Gasteiger partial charge in [0.25, 0.3) is 0 Å². The van der Waals surface area contributed by atoms with E-state index in [0.717, 1.165) is 22.3 Å². The van der Waals surface area contributed by atoms with Gasteiger partial charge in [-0.3, -0.25) is 0 Å². The van der Waals surface area contributed by atoms with Crippen LogP contribution >= 0.6 is 0 Å². The summed E-state index contributed by atoms with van der Waals surface area (Å²) in [6.45, 7) is 0. The van der Waals surface area contributed by atoms with Gasteiger partial charge in [-0.25, -0.2) is 17.6 Å². The molecule has 0 bridgehead atoms. The molecular formula is C44H30F4O2. The van der Waals surface area contributed by atoms with Crippen LogP contribution in [0, 0.1) is 23.3 Å². The maximum absolute atomic E-state index is 14.4. The van der Waals surface area contributed by atoms with Crippen molar-refractivity contribution in [2.75, 3.05) is 0 Å². The van der Waals surface area contributed by atoms with Gasteiger partial charge in [0.1, 0.15) is 34.8 Å². The molecule has 0 radical (unpaired) electrons. The molecular weight excluding hydrogens is 636 g/mol. The van der Waals surface area contributed by atoms with Crippen molar-refractivity contribution in [3.05, 3.63) is 238 Å². The number of aromatic hydroxyl groups is 2. The maximum Gasteiger partial charge on any atom is 0.123 e. The van der Waals surface area contributed by atoms with Crippen molar-refractivity contribution in [2.45, 2.75) is 10.8 Å². The fourth-order valence-corrected chi connectivity index (χ4v) is 7.19. The molecule has 7 aromatic rings. The van der Waals surface area contributed by atoms with Gasteiger partial charge in [0.2, 0.25) is 0 Å². The summed E-state index contributed by atoms with van der Waals surface area (Å²) in [6, 6.07) is 45.7. The summed E-state index contributed by atoms with van der Waals surface area (Å²) >= 11 is 0. The predicted octanol–water partition coefficient (Wildman–Crippen LogP) is 10.4. The van der Waals surface area contributed by atoms with Gasteiger partial charge in [-0.05, 0) is 117 Å². The van der Waals surface area contributed by atoms with Gasteiger partial charge in [-0.15, -0.1) is 0 Å². The molecule has 7 aromatic carbocycles. The molecule has 6 heteroatoms. The summed E-state index contributed by atoms with van der Waals surface area (Å²) in [4.78, 5) is 0. The third-order valence-corrected chi connectivity index (χ3v) is 9.46. The van der Waals surface area contributed by atoms with Gasteiger partial charge in [0.05, 0.1) is 10.8 Å². The topological polar surface area (TPSA) is 40.5 Å². The number of benzene rings is 7. The highest BCUT2D eigenvalue weighted by atomic mass is 19.1. The highest BCUT2D eigenvalue weighted by Gasteiger charge is 2.41. The molecule has 246 valence electrons. The van der Waals surface area contributed by atoms with Crippen LogP contribution in [0.2, 0.25) is 0 Å². The number of phenols is 2. The second kappa shape index (κ2) is 13.1. The normalized spacial score (nSPS) is 11.8. The SMILES string of the molecule is Oc1ccc(C(c2ccc(F)cc2)(c2ccc(F)cc2)c2ccc(C(c3ccc(O)cc3)(c3ccc(F)cc3)c3ccc(F)cc3)cc2)cc1. The third kappa shape index (κ3) is 5.59. The smallest absolute Gasteiger partial charge is 0.123 e. The fourth-order valence-electron chi connectivity index (χ4n) is 7.19. The predicted molar refractivity (Wildman–Crippen MR) is 186 cm³/mol. The van der Waals surface area contributed by atoms with Crippen LogP contribution in [0.25, 0.3) is 0 Å². The summed E-state index contributed by atoms with van der Waals surface area (Å²) in [5.74, 6) is -1.54. The zero-order chi connectivity index (χ0) is 34.9. The number of hydrogen-bond acceptors (Lipinski definition) is 2. The summed E-state index contributed by atoms with van der Waals surface area (Å²) in [5.41, 5.74) is 3.59. The molecule has 0 aromatic heterocycles. The lowest BCUT2D eigenvalue weighted by Crippen LogP contribution is -2.33. The Balaban J connectivity index is 1.54. The molecule has 2 nitrogen and oxygen atoms in total. The van der Waals surface area contributed by atoms with Crippen molar-refractivity contribution in [3.8, 4) is 11.5 Å². The Morgan fingerprint density at radius 3 is 0.560 bits per heavy atom. The molecule has 0 spiro atoms. The van der Waals surface area contributed by atoms with Crippen LogP contribution in [0.15, 0.2) is 170 Å². The van der Waals surface area contributed by atoms with Crippen molar-refractivity contribution in [1.29, 1.82) is 0 Å². The van der Waals surface area contributed by atoms with Crippen LogP contribution in [-0.4, -0.2) is 10.2 Å². The monoisotopic (exact) mass is 666 g/mol. The van der Waals surface area contributed by atoms with Crippen LogP contribution in [0.3, 0.4) is 0 Å². The molecule has 0 atom stereocenters. The number of rotatable bonds is 8. The van der Waals surface area contributed by atoms with E-state index in [1.54, 1.807) is 97.1 Å². The van der Waals surface area contributed by atoms with Gasteiger partial charge in [0.15, 0.2) is 0 Å². The number of phenolic OH excluding ortho intramolecular Hbond substituents is 2. The van der Waals surface area contributed by atoms with E-state index in [1.807, 2.05) is 24.3 Å². The van der Waals surface area contributed by atoms with Gasteiger partial charge < -0.3 is 10.2 Å². The van der Waals surface area contributed by atoms with Crippen molar-refractivity contribution in [2.24, 2.45) is 0 Å². The van der Waals surface area contributed by atoms with Gasteiger partial charge in [-0.1, -0.05) is 97.1 Å². The second-order valence-corrected chi connectivity index (χ2v) is 12.2. The quantitative estimate of drug-likeness (QED) is 0.125. The molecule has 0 fully saturated rings. The first kappa shape index (κ1) is 32.4. The molecule has 0 unspecified atom stereocenters. The summed E-state index contributed by atoms with van der Waals surface area (Å²) in [6.07, 6.45) is 0. The van der Waals surface area contributed by atoms with Crippen LogP contribution in [0.4, 0.5) is 17.6 Å². The average molecular weight is 667 g/mol. The first-order valence-electron chi connectivity index (χ1n) is 16.0. The molecule has 0 amide bonds. The van der Waals surface area contributed by atoms with E-state index in [1.165, 1.54) is 48.5 Å². The molecule has 0 saturated heterocycles. The average Bonchev–Trinajstić information content (AvgIpc) is 3.13. The summed E-state index contributed by atoms with van der Waals surface area (Å²) < 4.78 is 57.5. The fraction of sp³-hybridized carbons (Fsp3) is 0.0455. The zero-order valence-electron chi connectivity index (χ0n) is 26.6. The maximum atomic E-state index is 14.4. The second-order valence-electron chi connectivity index (χ2n) is 12.2. The molecule has 50 heavy (non-hydrogen) atoms. The Morgan fingerprint density at radius 2 is 0.380 bits per heavy atom. The molecule has 0 heterocycles. The van der Waals surface area contributed by atoms with Crippen molar-refractivity contribution in [3.63, 3.8) is 0 Å². The van der Waals surface area contributed by atoms with E-state index in [0.29, 0.717) is 22.3 Å². The first-order valence-corrected chi connectivity index (χ1v) is 16.0.